The van der Waals surface area contributed by atoms with E-state index in [0.29, 0.717) is 11.5 Å². The topological polar surface area (TPSA) is 71.8 Å². The van der Waals surface area contributed by atoms with Gasteiger partial charge in [0.25, 0.3) is 11.9 Å². The van der Waals surface area contributed by atoms with Gasteiger partial charge in [-0.05, 0) is 43.2 Å². The normalized spacial score (nSPS) is 14.8. The molecule has 1 aliphatic heterocycles. The first-order valence-corrected chi connectivity index (χ1v) is 10.5. The van der Waals surface area contributed by atoms with Crippen molar-refractivity contribution in [2.24, 2.45) is 0 Å². The highest BCUT2D eigenvalue weighted by Crippen LogP contribution is 2.33. The summed E-state index contributed by atoms with van der Waals surface area (Å²) in [7, 11) is 0. The van der Waals surface area contributed by atoms with Crippen LogP contribution >= 0.6 is 0 Å². The lowest BCUT2D eigenvalue weighted by molar-refractivity contribution is 0.102. The molecule has 1 amide bonds. The highest BCUT2D eigenvalue weighted by molar-refractivity contribution is 6.03. The summed E-state index contributed by atoms with van der Waals surface area (Å²) in [6.07, 6.45) is 2.13. The fourth-order valence-electron chi connectivity index (χ4n) is 3.71. The molecule has 1 atom stereocenters. The number of nitrogens with one attached hydrogen (secondary N) is 2. The first-order chi connectivity index (χ1) is 15.6. The minimum Gasteiger partial charge on any atom is -0.324 e. The first kappa shape index (κ1) is 19.8. The van der Waals surface area contributed by atoms with Crippen LogP contribution < -0.4 is 10.6 Å². The predicted octanol–water partition coefficient (Wildman–Crippen LogP) is 5.20. The molecule has 5 rings (SSSR count). The number of fused-ring (bicyclic) bond motifs is 1. The van der Waals surface area contributed by atoms with Crippen molar-refractivity contribution >= 4 is 23.5 Å². The molecule has 2 N–H and O–H groups in total. The third-order valence-corrected chi connectivity index (χ3v) is 5.51. The molecule has 6 nitrogen and oxygen atoms in total. The fraction of sp³-hybridized carbons (Fsp3) is 0.115. The second kappa shape index (κ2) is 8.15. The molecule has 158 valence electrons. The van der Waals surface area contributed by atoms with Crippen LogP contribution in [0.3, 0.4) is 0 Å². The number of carbonyl (C=O) groups is 1. The largest absolute Gasteiger partial charge is 0.324 e. The highest BCUT2D eigenvalue weighted by Gasteiger charge is 2.26. The molecule has 2 heterocycles. The van der Waals surface area contributed by atoms with E-state index in [1.54, 1.807) is 12.1 Å². The number of hydrogen-bond acceptors (Lipinski definition) is 4. The van der Waals surface area contributed by atoms with Gasteiger partial charge in [0.05, 0.1) is 0 Å². The number of aromatic nitrogens is 3. The van der Waals surface area contributed by atoms with Crippen LogP contribution in [0.1, 0.15) is 38.7 Å². The molecular formula is C26H23N5O. The summed E-state index contributed by atoms with van der Waals surface area (Å²) < 4.78 is 1.81. The fourth-order valence-corrected chi connectivity index (χ4v) is 3.71. The lowest BCUT2D eigenvalue weighted by atomic mass is 10.0. The zero-order chi connectivity index (χ0) is 22.1. The number of carbonyl (C=O) groups excluding carboxylic acids is 1. The zero-order valence-corrected chi connectivity index (χ0v) is 17.9. The van der Waals surface area contributed by atoms with E-state index < -0.39 is 0 Å². The molecule has 0 aliphatic carbocycles. The summed E-state index contributed by atoms with van der Waals surface area (Å²) >= 11 is 0. The minimum absolute atomic E-state index is 0.153. The predicted molar refractivity (Wildman–Crippen MR) is 127 cm³/mol. The monoisotopic (exact) mass is 421 g/mol. The highest BCUT2D eigenvalue weighted by atomic mass is 16.1. The Kier molecular flexibility index (Phi) is 5.03. The Morgan fingerprint density at radius 1 is 0.906 bits per heavy atom. The Morgan fingerprint density at radius 2 is 1.56 bits per heavy atom. The number of amides is 1. The Morgan fingerprint density at radius 3 is 2.25 bits per heavy atom. The molecule has 3 aromatic carbocycles. The second-order valence-corrected chi connectivity index (χ2v) is 7.95. The van der Waals surface area contributed by atoms with Crippen LogP contribution in [0.5, 0.6) is 0 Å². The summed E-state index contributed by atoms with van der Waals surface area (Å²) in [5.74, 6) is 0.602. The first-order valence-electron chi connectivity index (χ1n) is 10.5. The standard InChI is InChI=1S/C26H23N5O/c1-17-8-12-20(13-9-17)23-16-22(19-6-4-3-5-7-19)27-26-29-25(30-31(23)26)28-24(32)21-14-10-18(2)11-15-21/h3-16,23H,1-2H3,(H2,27,28,29,30,32)/t23-/m0/s1. The molecule has 0 bridgehead atoms. The number of nitrogens with zero attached hydrogens (tertiary/aromatic N) is 3. The molecule has 0 unspecified atom stereocenters. The third kappa shape index (κ3) is 3.90. The molecule has 1 aromatic heterocycles. The summed E-state index contributed by atoms with van der Waals surface area (Å²) in [5.41, 5.74) is 5.96. The van der Waals surface area contributed by atoms with E-state index in [0.717, 1.165) is 22.4 Å². The van der Waals surface area contributed by atoms with Crippen molar-refractivity contribution in [3.05, 3.63) is 113 Å². The van der Waals surface area contributed by atoms with E-state index in [2.05, 4.69) is 70.1 Å². The Labute approximate surface area is 186 Å². The Hall–Kier alpha value is -4.19. The molecule has 0 saturated heterocycles. The molecule has 32 heavy (non-hydrogen) atoms. The molecule has 1 aliphatic rings. The van der Waals surface area contributed by atoms with Gasteiger partial charge >= 0.3 is 0 Å². The number of anilines is 2. The summed E-state index contributed by atoms with van der Waals surface area (Å²) in [4.78, 5) is 17.3. The van der Waals surface area contributed by atoms with Crippen LogP contribution in [0.25, 0.3) is 5.70 Å². The van der Waals surface area contributed by atoms with Crippen LogP contribution in [0.2, 0.25) is 0 Å². The minimum atomic E-state index is -0.240. The van der Waals surface area contributed by atoms with Crippen molar-refractivity contribution < 1.29 is 4.79 Å². The van der Waals surface area contributed by atoms with Crippen LogP contribution in [-0.4, -0.2) is 20.7 Å². The van der Waals surface area contributed by atoms with Crippen molar-refractivity contribution in [2.75, 3.05) is 10.6 Å². The SMILES string of the molecule is Cc1ccc(C(=O)Nc2nc3n(n2)[C@H](c2ccc(C)cc2)C=C(c2ccccc2)N3)cc1. The Balaban J connectivity index is 1.50. The summed E-state index contributed by atoms with van der Waals surface area (Å²) in [5, 5.41) is 10.8. The van der Waals surface area contributed by atoms with Gasteiger partial charge in [-0.2, -0.15) is 4.98 Å². The van der Waals surface area contributed by atoms with Crippen LogP contribution in [-0.2, 0) is 0 Å². The number of aryl methyl sites for hydroxylation is 2. The molecule has 0 fully saturated rings. The van der Waals surface area contributed by atoms with Crippen molar-refractivity contribution in [1.29, 1.82) is 0 Å². The molecule has 4 aromatic rings. The van der Waals surface area contributed by atoms with E-state index in [-0.39, 0.29) is 17.9 Å². The molecule has 0 saturated carbocycles. The quantitative estimate of drug-likeness (QED) is 0.475. The average Bonchev–Trinajstić information content (AvgIpc) is 3.22. The van der Waals surface area contributed by atoms with Crippen molar-refractivity contribution in [2.45, 2.75) is 19.9 Å². The maximum absolute atomic E-state index is 12.7. The van der Waals surface area contributed by atoms with Gasteiger partial charge in [-0.1, -0.05) is 77.9 Å². The number of benzene rings is 3. The number of rotatable bonds is 4. The molecule has 0 radical (unpaired) electrons. The van der Waals surface area contributed by atoms with E-state index in [9.17, 15) is 4.79 Å². The lowest BCUT2D eigenvalue weighted by Crippen LogP contribution is -2.20. The van der Waals surface area contributed by atoms with Crippen LogP contribution in [0.15, 0.2) is 84.9 Å². The molecule has 0 spiro atoms. The van der Waals surface area contributed by atoms with Crippen molar-refractivity contribution in [3.63, 3.8) is 0 Å². The van der Waals surface area contributed by atoms with Crippen molar-refractivity contribution in [3.8, 4) is 0 Å². The van der Waals surface area contributed by atoms with E-state index in [1.165, 1.54) is 5.56 Å². The van der Waals surface area contributed by atoms with E-state index >= 15 is 0 Å². The maximum atomic E-state index is 12.7. The smallest absolute Gasteiger partial charge is 0.258 e. The van der Waals surface area contributed by atoms with Gasteiger partial charge in [0.2, 0.25) is 5.95 Å². The Bertz CT molecular complexity index is 1290. The van der Waals surface area contributed by atoms with E-state index in [1.807, 2.05) is 41.9 Å². The summed E-state index contributed by atoms with van der Waals surface area (Å²) in [6, 6.07) is 25.7. The lowest BCUT2D eigenvalue weighted by Gasteiger charge is -2.24. The number of allylic oxidation sites excluding steroid dienone is 1. The second-order valence-electron chi connectivity index (χ2n) is 7.95. The van der Waals surface area contributed by atoms with Gasteiger partial charge in [0.15, 0.2) is 0 Å². The summed E-state index contributed by atoms with van der Waals surface area (Å²) in [6.45, 7) is 4.05. The van der Waals surface area contributed by atoms with Crippen LogP contribution in [0.4, 0.5) is 11.9 Å². The van der Waals surface area contributed by atoms with Gasteiger partial charge in [-0.15, -0.1) is 5.10 Å². The maximum Gasteiger partial charge on any atom is 0.258 e. The zero-order valence-electron chi connectivity index (χ0n) is 17.9. The van der Waals surface area contributed by atoms with Gasteiger partial charge in [-0.3, -0.25) is 10.1 Å². The van der Waals surface area contributed by atoms with Gasteiger partial charge < -0.3 is 5.32 Å². The van der Waals surface area contributed by atoms with Crippen molar-refractivity contribution in [1.82, 2.24) is 14.8 Å². The third-order valence-electron chi connectivity index (χ3n) is 5.51. The average molecular weight is 422 g/mol. The van der Waals surface area contributed by atoms with Gasteiger partial charge in [-0.25, -0.2) is 4.68 Å². The molecule has 6 heteroatoms. The van der Waals surface area contributed by atoms with Gasteiger partial charge in [0.1, 0.15) is 6.04 Å². The molecular weight excluding hydrogens is 398 g/mol. The van der Waals surface area contributed by atoms with Crippen LogP contribution in [0, 0.1) is 13.8 Å². The number of hydrogen-bond donors (Lipinski definition) is 2. The van der Waals surface area contributed by atoms with Gasteiger partial charge in [0, 0.05) is 11.3 Å². The van der Waals surface area contributed by atoms with E-state index in [4.69, 9.17) is 0 Å².